The summed E-state index contributed by atoms with van der Waals surface area (Å²) < 4.78 is 0. The SMILES string of the molecule is Cc1cc([N+](=O)[O-])ccc1NC(=O)CN1CCCC(N(C)CC(=O)O)CC1. The van der Waals surface area contributed by atoms with Crippen LogP contribution in [0.2, 0.25) is 0 Å². The second-order valence-electron chi connectivity index (χ2n) is 6.97. The van der Waals surface area contributed by atoms with Gasteiger partial charge in [-0.15, -0.1) is 0 Å². The van der Waals surface area contributed by atoms with Crippen LogP contribution in [0.4, 0.5) is 11.4 Å². The van der Waals surface area contributed by atoms with Gasteiger partial charge in [-0.1, -0.05) is 0 Å². The van der Waals surface area contributed by atoms with Crippen LogP contribution in [0.25, 0.3) is 0 Å². The largest absolute Gasteiger partial charge is 0.480 e. The van der Waals surface area contributed by atoms with Crippen molar-refractivity contribution in [2.45, 2.75) is 32.2 Å². The van der Waals surface area contributed by atoms with Crippen LogP contribution in [0.15, 0.2) is 18.2 Å². The Hall–Kier alpha value is -2.52. The van der Waals surface area contributed by atoms with Crippen LogP contribution in [0, 0.1) is 17.0 Å². The number of nitro groups is 1. The summed E-state index contributed by atoms with van der Waals surface area (Å²) in [6.45, 7) is 3.49. The molecule has 0 saturated carbocycles. The van der Waals surface area contributed by atoms with Gasteiger partial charge in [0.25, 0.3) is 5.69 Å². The Balaban J connectivity index is 1.87. The van der Waals surface area contributed by atoms with E-state index in [1.165, 1.54) is 12.1 Å². The zero-order chi connectivity index (χ0) is 20.0. The number of likely N-dealkylation sites (N-methyl/N-ethyl adjacent to an activating group) is 1. The fourth-order valence-corrected chi connectivity index (χ4v) is 3.37. The number of hydrogen-bond donors (Lipinski definition) is 2. The number of aryl methyl sites for hydroxylation is 1. The molecule has 1 fully saturated rings. The maximum Gasteiger partial charge on any atom is 0.317 e. The summed E-state index contributed by atoms with van der Waals surface area (Å²) in [6.07, 6.45) is 2.62. The molecule has 148 valence electrons. The zero-order valence-corrected chi connectivity index (χ0v) is 15.7. The monoisotopic (exact) mass is 378 g/mol. The van der Waals surface area contributed by atoms with Gasteiger partial charge in [-0.05, 0) is 51.4 Å². The number of benzene rings is 1. The molecule has 1 heterocycles. The van der Waals surface area contributed by atoms with Crippen molar-refractivity contribution in [1.29, 1.82) is 0 Å². The van der Waals surface area contributed by atoms with Crippen molar-refractivity contribution in [3.05, 3.63) is 33.9 Å². The normalized spacial score (nSPS) is 18.1. The van der Waals surface area contributed by atoms with E-state index in [1.54, 1.807) is 13.0 Å². The van der Waals surface area contributed by atoms with Gasteiger partial charge in [0.1, 0.15) is 0 Å². The molecule has 0 aliphatic carbocycles. The summed E-state index contributed by atoms with van der Waals surface area (Å²) in [4.78, 5) is 37.5. The molecule has 2 N–H and O–H groups in total. The van der Waals surface area contributed by atoms with Crippen LogP contribution in [0.3, 0.4) is 0 Å². The molecule has 1 unspecified atom stereocenters. The molecule has 0 bridgehead atoms. The molecular weight excluding hydrogens is 352 g/mol. The van der Waals surface area contributed by atoms with Crippen LogP contribution in [0.5, 0.6) is 0 Å². The van der Waals surface area contributed by atoms with Crippen molar-refractivity contribution in [2.75, 3.05) is 38.5 Å². The molecule has 0 spiro atoms. The quantitative estimate of drug-likeness (QED) is 0.548. The number of anilines is 1. The maximum atomic E-state index is 12.4. The highest BCUT2D eigenvalue weighted by molar-refractivity contribution is 5.93. The molecule has 9 heteroatoms. The lowest BCUT2D eigenvalue weighted by Crippen LogP contribution is -2.37. The van der Waals surface area contributed by atoms with E-state index in [-0.39, 0.29) is 30.7 Å². The number of rotatable bonds is 7. The number of carboxylic acids is 1. The number of carboxylic acid groups (broad SMARTS) is 1. The average molecular weight is 378 g/mol. The highest BCUT2D eigenvalue weighted by Crippen LogP contribution is 2.21. The van der Waals surface area contributed by atoms with Crippen LogP contribution < -0.4 is 5.32 Å². The second-order valence-corrected chi connectivity index (χ2v) is 6.97. The lowest BCUT2D eigenvalue weighted by Gasteiger charge is -2.25. The molecule has 1 atom stereocenters. The number of aliphatic carboxylic acids is 1. The van der Waals surface area contributed by atoms with E-state index in [1.807, 2.05) is 11.9 Å². The molecule has 1 saturated heterocycles. The number of non-ortho nitro benzene ring substituents is 1. The topological polar surface area (TPSA) is 116 Å². The first-order valence-corrected chi connectivity index (χ1v) is 8.95. The van der Waals surface area contributed by atoms with E-state index in [9.17, 15) is 19.7 Å². The molecule has 1 aliphatic heterocycles. The minimum atomic E-state index is -0.837. The molecule has 27 heavy (non-hydrogen) atoms. The number of nitrogens with one attached hydrogen (secondary N) is 1. The first kappa shape index (κ1) is 20.8. The summed E-state index contributed by atoms with van der Waals surface area (Å²) in [5.74, 6) is -0.999. The van der Waals surface area contributed by atoms with E-state index in [0.717, 1.165) is 32.4 Å². The molecule has 0 aromatic heterocycles. The van der Waals surface area contributed by atoms with Gasteiger partial charge in [0.2, 0.25) is 5.91 Å². The van der Waals surface area contributed by atoms with E-state index in [4.69, 9.17) is 5.11 Å². The molecule has 1 aliphatic rings. The average Bonchev–Trinajstić information content (AvgIpc) is 2.81. The summed E-state index contributed by atoms with van der Waals surface area (Å²) >= 11 is 0. The summed E-state index contributed by atoms with van der Waals surface area (Å²) in [6, 6.07) is 4.55. The number of likely N-dealkylation sites (tertiary alicyclic amines) is 1. The van der Waals surface area contributed by atoms with Crippen molar-refractivity contribution in [2.24, 2.45) is 0 Å². The van der Waals surface area contributed by atoms with Gasteiger partial charge in [0, 0.05) is 30.4 Å². The first-order valence-electron chi connectivity index (χ1n) is 8.95. The van der Waals surface area contributed by atoms with Gasteiger partial charge >= 0.3 is 5.97 Å². The second kappa shape index (κ2) is 9.43. The van der Waals surface area contributed by atoms with Crippen LogP contribution in [-0.2, 0) is 9.59 Å². The van der Waals surface area contributed by atoms with E-state index in [0.29, 0.717) is 11.3 Å². The Morgan fingerprint density at radius 3 is 2.74 bits per heavy atom. The van der Waals surface area contributed by atoms with Crippen molar-refractivity contribution < 1.29 is 19.6 Å². The Morgan fingerprint density at radius 1 is 1.37 bits per heavy atom. The van der Waals surface area contributed by atoms with Gasteiger partial charge in [-0.2, -0.15) is 0 Å². The Kier molecular flexibility index (Phi) is 7.26. The number of nitro benzene ring substituents is 1. The Morgan fingerprint density at radius 2 is 2.11 bits per heavy atom. The summed E-state index contributed by atoms with van der Waals surface area (Å²) in [7, 11) is 1.82. The minimum Gasteiger partial charge on any atom is -0.480 e. The number of amides is 1. The molecule has 0 radical (unpaired) electrons. The van der Waals surface area contributed by atoms with Crippen molar-refractivity contribution >= 4 is 23.3 Å². The zero-order valence-electron chi connectivity index (χ0n) is 15.7. The fourth-order valence-electron chi connectivity index (χ4n) is 3.37. The predicted molar refractivity (Wildman–Crippen MR) is 101 cm³/mol. The Bertz CT molecular complexity index is 709. The van der Waals surface area contributed by atoms with E-state index >= 15 is 0 Å². The number of hydrogen-bond acceptors (Lipinski definition) is 6. The molecule has 2 rings (SSSR count). The minimum absolute atomic E-state index is 0.00506. The van der Waals surface area contributed by atoms with Gasteiger partial charge in [-0.25, -0.2) is 0 Å². The number of carbonyl (C=O) groups excluding carboxylic acids is 1. The summed E-state index contributed by atoms with van der Waals surface area (Å²) in [5.41, 5.74) is 1.21. The maximum absolute atomic E-state index is 12.4. The molecule has 1 aromatic carbocycles. The molecule has 1 aromatic rings. The van der Waals surface area contributed by atoms with E-state index in [2.05, 4.69) is 10.2 Å². The van der Waals surface area contributed by atoms with Crippen LogP contribution >= 0.6 is 0 Å². The third kappa shape index (κ3) is 6.30. The van der Waals surface area contributed by atoms with Gasteiger partial charge in [0.15, 0.2) is 0 Å². The molecular formula is C18H26N4O5. The van der Waals surface area contributed by atoms with E-state index < -0.39 is 10.9 Å². The van der Waals surface area contributed by atoms with Gasteiger partial charge in [0.05, 0.1) is 18.0 Å². The van der Waals surface area contributed by atoms with Gasteiger partial charge in [-0.3, -0.25) is 29.5 Å². The first-order chi connectivity index (χ1) is 12.8. The molecule has 9 nitrogen and oxygen atoms in total. The summed E-state index contributed by atoms with van der Waals surface area (Å²) in [5, 5.41) is 22.5. The third-order valence-corrected chi connectivity index (χ3v) is 4.86. The van der Waals surface area contributed by atoms with Crippen molar-refractivity contribution in [1.82, 2.24) is 9.80 Å². The van der Waals surface area contributed by atoms with Crippen LogP contribution in [0.1, 0.15) is 24.8 Å². The molecule has 1 amide bonds. The van der Waals surface area contributed by atoms with Crippen LogP contribution in [-0.4, -0.2) is 71.0 Å². The Labute approximate surface area is 158 Å². The number of carbonyl (C=O) groups is 2. The van der Waals surface area contributed by atoms with Crippen molar-refractivity contribution in [3.8, 4) is 0 Å². The highest BCUT2D eigenvalue weighted by atomic mass is 16.6. The standard InChI is InChI=1S/C18H26N4O5/c1-13-10-15(22(26)27)5-6-16(13)19-17(23)11-21-8-3-4-14(7-9-21)20(2)12-18(24)25/h5-6,10,14H,3-4,7-9,11-12H2,1-2H3,(H,19,23)(H,24,25). The third-order valence-electron chi connectivity index (χ3n) is 4.86. The smallest absolute Gasteiger partial charge is 0.317 e. The number of nitrogens with zero attached hydrogens (tertiary/aromatic N) is 3. The lowest BCUT2D eigenvalue weighted by atomic mass is 10.1. The fraction of sp³-hybridized carbons (Fsp3) is 0.556. The van der Waals surface area contributed by atoms with Crippen molar-refractivity contribution in [3.63, 3.8) is 0 Å². The van der Waals surface area contributed by atoms with Gasteiger partial charge < -0.3 is 10.4 Å². The highest BCUT2D eigenvalue weighted by Gasteiger charge is 2.23. The lowest BCUT2D eigenvalue weighted by molar-refractivity contribution is -0.384. The predicted octanol–water partition coefficient (Wildman–Crippen LogP) is 1.71.